The number of aryl methyl sites for hydroxylation is 2. The van der Waals surface area contributed by atoms with Crippen LogP contribution in [0.5, 0.6) is 0 Å². The van der Waals surface area contributed by atoms with Crippen LogP contribution in [0.15, 0.2) is 82.0 Å². The zero-order chi connectivity index (χ0) is 17.4. The first-order chi connectivity index (χ1) is 12.1. The molecule has 0 unspecified atom stereocenters. The van der Waals surface area contributed by atoms with Crippen molar-refractivity contribution in [1.29, 1.82) is 0 Å². The van der Waals surface area contributed by atoms with Gasteiger partial charge >= 0.3 is 5.63 Å². The molecule has 0 atom stereocenters. The molecule has 122 valence electrons. The number of para-hydroxylation sites is 1. The number of hydrogen-bond donors (Lipinski definition) is 0. The molecule has 1 aromatic heterocycles. The van der Waals surface area contributed by atoms with Crippen LogP contribution in [0.2, 0.25) is 0 Å². The van der Waals surface area contributed by atoms with Crippen LogP contribution in [-0.2, 0) is 0 Å². The molecule has 4 aromatic rings. The Kier molecular flexibility index (Phi) is 3.73. The molecule has 25 heavy (non-hydrogen) atoms. The highest BCUT2D eigenvalue weighted by molar-refractivity contribution is 6.01. The van der Waals surface area contributed by atoms with E-state index in [2.05, 4.69) is 31.2 Å². The van der Waals surface area contributed by atoms with Crippen LogP contribution in [0.25, 0.3) is 33.2 Å². The molecule has 0 spiro atoms. The Morgan fingerprint density at radius 2 is 1.16 bits per heavy atom. The lowest BCUT2D eigenvalue weighted by molar-refractivity contribution is 0.564. The number of fused-ring (bicyclic) bond motifs is 1. The average Bonchev–Trinajstić information content (AvgIpc) is 2.62. The molecule has 0 saturated heterocycles. The first-order valence-electron chi connectivity index (χ1n) is 8.33. The summed E-state index contributed by atoms with van der Waals surface area (Å²) in [4.78, 5) is 12.8. The Morgan fingerprint density at radius 1 is 0.640 bits per heavy atom. The zero-order valence-electron chi connectivity index (χ0n) is 14.2. The second kappa shape index (κ2) is 6.06. The second-order valence-corrected chi connectivity index (χ2v) is 6.37. The minimum Gasteiger partial charge on any atom is -0.422 e. The van der Waals surface area contributed by atoms with Crippen molar-refractivity contribution in [3.8, 4) is 22.3 Å². The Balaban J connectivity index is 2.12. The fraction of sp³-hybridized carbons (Fsp3) is 0.0870. The predicted octanol–water partition coefficient (Wildman–Crippen LogP) is 5.74. The van der Waals surface area contributed by atoms with E-state index >= 15 is 0 Å². The lowest BCUT2D eigenvalue weighted by atomic mass is 9.92. The molecule has 0 fully saturated rings. The number of hydrogen-bond acceptors (Lipinski definition) is 2. The van der Waals surface area contributed by atoms with Crippen molar-refractivity contribution in [3.05, 3.63) is 94.3 Å². The van der Waals surface area contributed by atoms with Crippen molar-refractivity contribution in [1.82, 2.24) is 0 Å². The first kappa shape index (κ1) is 15.4. The van der Waals surface area contributed by atoms with Gasteiger partial charge in [0.2, 0.25) is 0 Å². The smallest absolute Gasteiger partial charge is 0.344 e. The van der Waals surface area contributed by atoms with Gasteiger partial charge in [0.05, 0.1) is 5.56 Å². The lowest BCUT2D eigenvalue weighted by Gasteiger charge is -2.12. The van der Waals surface area contributed by atoms with E-state index in [0.717, 1.165) is 27.6 Å². The van der Waals surface area contributed by atoms with Crippen molar-refractivity contribution in [2.24, 2.45) is 0 Å². The van der Waals surface area contributed by atoms with Gasteiger partial charge in [-0.25, -0.2) is 4.79 Å². The largest absolute Gasteiger partial charge is 0.422 e. The first-order valence-corrected chi connectivity index (χ1v) is 8.33. The van der Waals surface area contributed by atoms with Crippen LogP contribution in [0, 0.1) is 13.8 Å². The molecule has 4 rings (SSSR count). The molecule has 0 aliphatic heterocycles. The summed E-state index contributed by atoms with van der Waals surface area (Å²) in [5.74, 6) is 0. The van der Waals surface area contributed by atoms with Crippen LogP contribution < -0.4 is 5.63 Å². The Morgan fingerprint density at radius 3 is 1.76 bits per heavy atom. The van der Waals surface area contributed by atoms with Crippen LogP contribution in [0.3, 0.4) is 0 Å². The van der Waals surface area contributed by atoms with Gasteiger partial charge in [-0.3, -0.25) is 0 Å². The van der Waals surface area contributed by atoms with Crippen molar-refractivity contribution >= 4 is 11.0 Å². The third kappa shape index (κ3) is 2.76. The van der Waals surface area contributed by atoms with Crippen LogP contribution >= 0.6 is 0 Å². The van der Waals surface area contributed by atoms with Gasteiger partial charge in [-0.2, -0.15) is 0 Å². The molecule has 0 aliphatic rings. The van der Waals surface area contributed by atoms with Gasteiger partial charge in [0.1, 0.15) is 5.58 Å². The maximum atomic E-state index is 12.8. The molecule has 2 nitrogen and oxygen atoms in total. The monoisotopic (exact) mass is 326 g/mol. The highest BCUT2D eigenvalue weighted by atomic mass is 16.4. The van der Waals surface area contributed by atoms with E-state index in [1.807, 2.05) is 55.5 Å². The third-order valence-corrected chi connectivity index (χ3v) is 4.49. The summed E-state index contributed by atoms with van der Waals surface area (Å²) in [6.07, 6.45) is 0. The van der Waals surface area contributed by atoms with Gasteiger partial charge < -0.3 is 4.42 Å². The molecular formula is C23H18O2. The zero-order valence-corrected chi connectivity index (χ0v) is 14.2. The number of rotatable bonds is 2. The van der Waals surface area contributed by atoms with Gasteiger partial charge in [-0.15, -0.1) is 0 Å². The van der Waals surface area contributed by atoms with Gasteiger partial charge in [-0.1, -0.05) is 77.9 Å². The number of benzene rings is 3. The summed E-state index contributed by atoms with van der Waals surface area (Å²) >= 11 is 0. The van der Waals surface area contributed by atoms with Gasteiger partial charge in [0, 0.05) is 10.9 Å². The minimum absolute atomic E-state index is 0.307. The summed E-state index contributed by atoms with van der Waals surface area (Å²) in [5, 5.41) is 0.946. The molecule has 0 N–H and O–H groups in total. The van der Waals surface area contributed by atoms with Crippen LogP contribution in [0.4, 0.5) is 0 Å². The fourth-order valence-electron chi connectivity index (χ4n) is 3.15. The summed E-state index contributed by atoms with van der Waals surface area (Å²) in [5.41, 5.74) is 6.08. The summed E-state index contributed by atoms with van der Waals surface area (Å²) in [6, 6.07) is 24.0. The predicted molar refractivity (Wildman–Crippen MR) is 103 cm³/mol. The minimum atomic E-state index is -0.307. The molecule has 0 saturated carbocycles. The highest BCUT2D eigenvalue weighted by Crippen LogP contribution is 2.35. The van der Waals surface area contributed by atoms with Crippen molar-refractivity contribution < 1.29 is 4.42 Å². The van der Waals surface area contributed by atoms with Crippen LogP contribution in [0.1, 0.15) is 11.1 Å². The molecule has 0 aliphatic carbocycles. The molecule has 0 amide bonds. The topological polar surface area (TPSA) is 30.2 Å². The van der Waals surface area contributed by atoms with E-state index in [9.17, 15) is 4.79 Å². The highest BCUT2D eigenvalue weighted by Gasteiger charge is 2.17. The molecule has 3 aromatic carbocycles. The van der Waals surface area contributed by atoms with E-state index in [1.165, 1.54) is 5.56 Å². The van der Waals surface area contributed by atoms with Crippen molar-refractivity contribution in [2.45, 2.75) is 13.8 Å². The standard InChI is InChI=1S/C23H18O2/c1-15-7-11-17(12-8-15)21-19-5-3-4-6-20(19)25-23(24)22(21)18-13-9-16(2)10-14-18/h3-14H,1-2H3. The van der Waals surface area contributed by atoms with Gasteiger partial charge in [0.15, 0.2) is 0 Å². The average molecular weight is 326 g/mol. The maximum Gasteiger partial charge on any atom is 0.344 e. The molecule has 1 heterocycles. The summed E-state index contributed by atoms with van der Waals surface area (Å²) in [7, 11) is 0. The summed E-state index contributed by atoms with van der Waals surface area (Å²) in [6.45, 7) is 4.09. The lowest BCUT2D eigenvalue weighted by Crippen LogP contribution is -2.06. The van der Waals surface area contributed by atoms with Crippen LogP contribution in [-0.4, -0.2) is 0 Å². The van der Waals surface area contributed by atoms with E-state index in [1.54, 1.807) is 0 Å². The third-order valence-electron chi connectivity index (χ3n) is 4.49. The Bertz CT molecular complexity index is 1100. The maximum absolute atomic E-state index is 12.8. The normalized spacial score (nSPS) is 11.0. The van der Waals surface area contributed by atoms with Gasteiger partial charge in [-0.05, 0) is 31.0 Å². The Labute approximate surface area is 146 Å². The fourth-order valence-corrected chi connectivity index (χ4v) is 3.15. The summed E-state index contributed by atoms with van der Waals surface area (Å²) < 4.78 is 5.61. The van der Waals surface area contributed by atoms with E-state index < -0.39 is 0 Å². The van der Waals surface area contributed by atoms with Gasteiger partial charge in [0.25, 0.3) is 0 Å². The second-order valence-electron chi connectivity index (χ2n) is 6.37. The van der Waals surface area contributed by atoms with E-state index in [4.69, 9.17) is 4.42 Å². The molecular weight excluding hydrogens is 308 g/mol. The quantitative estimate of drug-likeness (QED) is 0.439. The Hall–Kier alpha value is -3.13. The van der Waals surface area contributed by atoms with Crippen molar-refractivity contribution in [3.63, 3.8) is 0 Å². The van der Waals surface area contributed by atoms with E-state index in [-0.39, 0.29) is 5.63 Å². The molecule has 0 bridgehead atoms. The SMILES string of the molecule is Cc1ccc(-c2c(-c3ccc(C)cc3)c3ccccc3oc2=O)cc1. The molecule has 2 heteroatoms. The molecule has 0 radical (unpaired) electrons. The van der Waals surface area contributed by atoms with E-state index in [0.29, 0.717) is 11.1 Å². The van der Waals surface area contributed by atoms with Crippen molar-refractivity contribution in [2.75, 3.05) is 0 Å².